The van der Waals surface area contributed by atoms with E-state index in [0.717, 1.165) is 10.9 Å². The summed E-state index contributed by atoms with van der Waals surface area (Å²) in [5.74, 6) is 0. The van der Waals surface area contributed by atoms with E-state index in [9.17, 15) is 0 Å². The standard InChI is InChI=1S/C11H16BrN.ClH/c1-2-3-4-11(13)9-5-7-10(12)8-6-9;/h5-8,11H,2-4,13H2,1H3;1H/t11-;/m0./s1. The number of benzene rings is 1. The number of hydrogen-bond donors (Lipinski definition) is 1. The third-order valence-electron chi connectivity index (χ3n) is 2.17. The zero-order chi connectivity index (χ0) is 9.68. The minimum atomic E-state index is 0. The maximum Gasteiger partial charge on any atom is 0.0294 e. The van der Waals surface area contributed by atoms with E-state index in [-0.39, 0.29) is 18.4 Å². The van der Waals surface area contributed by atoms with Gasteiger partial charge in [-0.2, -0.15) is 0 Å². The zero-order valence-electron chi connectivity index (χ0n) is 8.37. The maximum absolute atomic E-state index is 6.02. The first kappa shape index (κ1) is 13.9. The molecule has 0 unspecified atom stereocenters. The van der Waals surface area contributed by atoms with Crippen molar-refractivity contribution in [2.24, 2.45) is 5.73 Å². The summed E-state index contributed by atoms with van der Waals surface area (Å²) in [6, 6.07) is 8.46. The number of rotatable bonds is 4. The van der Waals surface area contributed by atoms with Gasteiger partial charge in [0, 0.05) is 10.5 Å². The minimum absolute atomic E-state index is 0. The van der Waals surface area contributed by atoms with Gasteiger partial charge < -0.3 is 5.73 Å². The summed E-state index contributed by atoms with van der Waals surface area (Å²) in [5, 5.41) is 0. The molecule has 14 heavy (non-hydrogen) atoms. The van der Waals surface area contributed by atoms with Crippen molar-refractivity contribution in [1.82, 2.24) is 0 Å². The topological polar surface area (TPSA) is 26.0 Å². The van der Waals surface area contributed by atoms with E-state index in [1.807, 2.05) is 12.1 Å². The van der Waals surface area contributed by atoms with Crippen LogP contribution < -0.4 is 5.73 Å². The second kappa shape index (κ2) is 7.27. The highest BCUT2D eigenvalue weighted by molar-refractivity contribution is 9.10. The molecule has 0 saturated heterocycles. The molecule has 1 aromatic carbocycles. The van der Waals surface area contributed by atoms with Crippen LogP contribution in [0.4, 0.5) is 0 Å². The van der Waals surface area contributed by atoms with Crippen molar-refractivity contribution in [1.29, 1.82) is 0 Å². The fourth-order valence-electron chi connectivity index (χ4n) is 1.30. The van der Waals surface area contributed by atoms with Crippen LogP contribution in [-0.2, 0) is 0 Å². The largest absolute Gasteiger partial charge is 0.324 e. The smallest absolute Gasteiger partial charge is 0.0294 e. The summed E-state index contributed by atoms with van der Waals surface area (Å²) in [6.07, 6.45) is 3.50. The van der Waals surface area contributed by atoms with Gasteiger partial charge in [-0.15, -0.1) is 12.4 Å². The molecule has 1 atom stereocenters. The third kappa shape index (κ3) is 4.45. The van der Waals surface area contributed by atoms with Crippen molar-refractivity contribution < 1.29 is 0 Å². The lowest BCUT2D eigenvalue weighted by atomic mass is 10.0. The molecule has 0 aliphatic rings. The molecule has 3 heteroatoms. The lowest BCUT2D eigenvalue weighted by Gasteiger charge is -2.10. The average molecular weight is 279 g/mol. The monoisotopic (exact) mass is 277 g/mol. The molecule has 0 aliphatic heterocycles. The summed E-state index contributed by atoms with van der Waals surface area (Å²) in [5.41, 5.74) is 7.25. The van der Waals surface area contributed by atoms with E-state index >= 15 is 0 Å². The summed E-state index contributed by atoms with van der Waals surface area (Å²) in [6.45, 7) is 2.19. The van der Waals surface area contributed by atoms with Gasteiger partial charge in [0.1, 0.15) is 0 Å². The van der Waals surface area contributed by atoms with Gasteiger partial charge in [0.05, 0.1) is 0 Å². The summed E-state index contributed by atoms with van der Waals surface area (Å²) in [7, 11) is 0. The molecule has 0 radical (unpaired) electrons. The Morgan fingerprint density at radius 2 is 1.86 bits per heavy atom. The van der Waals surface area contributed by atoms with Crippen LogP contribution in [0.2, 0.25) is 0 Å². The van der Waals surface area contributed by atoms with Crippen LogP contribution in [0.3, 0.4) is 0 Å². The highest BCUT2D eigenvalue weighted by Gasteiger charge is 2.03. The second-order valence-corrected chi connectivity index (χ2v) is 4.22. The molecule has 0 heterocycles. The van der Waals surface area contributed by atoms with Gasteiger partial charge in [-0.3, -0.25) is 0 Å². The molecule has 0 amide bonds. The Labute approximate surface area is 101 Å². The van der Waals surface area contributed by atoms with Crippen LogP contribution in [0.1, 0.15) is 37.8 Å². The first-order valence-electron chi connectivity index (χ1n) is 4.75. The van der Waals surface area contributed by atoms with Crippen molar-refractivity contribution in [2.45, 2.75) is 32.2 Å². The fourth-order valence-corrected chi connectivity index (χ4v) is 1.57. The molecule has 0 aromatic heterocycles. The first-order chi connectivity index (χ1) is 6.24. The molecule has 0 saturated carbocycles. The highest BCUT2D eigenvalue weighted by Crippen LogP contribution is 2.19. The lowest BCUT2D eigenvalue weighted by molar-refractivity contribution is 0.603. The molecular weight excluding hydrogens is 261 g/mol. The molecular formula is C11H17BrClN. The van der Waals surface area contributed by atoms with Gasteiger partial charge >= 0.3 is 0 Å². The fraction of sp³-hybridized carbons (Fsp3) is 0.455. The third-order valence-corrected chi connectivity index (χ3v) is 2.70. The highest BCUT2D eigenvalue weighted by atomic mass is 79.9. The molecule has 0 spiro atoms. The number of unbranched alkanes of at least 4 members (excludes halogenated alkanes) is 1. The van der Waals surface area contributed by atoms with Gasteiger partial charge in [-0.05, 0) is 24.1 Å². The molecule has 0 bridgehead atoms. The zero-order valence-corrected chi connectivity index (χ0v) is 10.8. The van der Waals surface area contributed by atoms with Gasteiger partial charge in [0.25, 0.3) is 0 Å². The molecule has 0 aliphatic carbocycles. The van der Waals surface area contributed by atoms with Gasteiger partial charge in [0.2, 0.25) is 0 Å². The molecule has 1 nitrogen and oxygen atoms in total. The Morgan fingerprint density at radius 1 is 1.29 bits per heavy atom. The maximum atomic E-state index is 6.02. The van der Waals surface area contributed by atoms with Crippen molar-refractivity contribution in [3.05, 3.63) is 34.3 Å². The number of halogens is 2. The van der Waals surface area contributed by atoms with E-state index in [1.54, 1.807) is 0 Å². The minimum Gasteiger partial charge on any atom is -0.324 e. The number of hydrogen-bond acceptors (Lipinski definition) is 1. The van der Waals surface area contributed by atoms with Crippen molar-refractivity contribution in [3.8, 4) is 0 Å². The number of nitrogens with two attached hydrogens (primary N) is 1. The van der Waals surface area contributed by atoms with Crippen molar-refractivity contribution >= 4 is 28.3 Å². The van der Waals surface area contributed by atoms with Crippen molar-refractivity contribution in [3.63, 3.8) is 0 Å². The Hall–Kier alpha value is -0.0500. The van der Waals surface area contributed by atoms with Gasteiger partial charge in [-0.1, -0.05) is 47.8 Å². The van der Waals surface area contributed by atoms with E-state index in [1.165, 1.54) is 18.4 Å². The van der Waals surface area contributed by atoms with E-state index < -0.39 is 0 Å². The molecule has 80 valence electrons. The van der Waals surface area contributed by atoms with Gasteiger partial charge in [-0.25, -0.2) is 0 Å². The molecule has 1 rings (SSSR count). The van der Waals surface area contributed by atoms with Crippen molar-refractivity contribution in [2.75, 3.05) is 0 Å². The normalized spacial score (nSPS) is 11.9. The summed E-state index contributed by atoms with van der Waals surface area (Å²) >= 11 is 3.41. The summed E-state index contributed by atoms with van der Waals surface area (Å²) < 4.78 is 1.11. The molecule has 0 fully saturated rings. The Bertz CT molecular complexity index is 248. The lowest BCUT2D eigenvalue weighted by Crippen LogP contribution is -2.09. The first-order valence-corrected chi connectivity index (χ1v) is 5.54. The predicted molar refractivity (Wildman–Crippen MR) is 67.8 cm³/mol. The summed E-state index contributed by atoms with van der Waals surface area (Å²) in [4.78, 5) is 0. The quantitative estimate of drug-likeness (QED) is 0.883. The van der Waals surface area contributed by atoms with Crippen LogP contribution in [0, 0.1) is 0 Å². The van der Waals surface area contributed by atoms with E-state index in [0.29, 0.717) is 0 Å². The molecule has 2 N–H and O–H groups in total. The Balaban J connectivity index is 0.00000169. The Morgan fingerprint density at radius 3 is 2.36 bits per heavy atom. The van der Waals surface area contributed by atoms with Crippen LogP contribution in [0.15, 0.2) is 28.7 Å². The van der Waals surface area contributed by atoms with Gasteiger partial charge in [0.15, 0.2) is 0 Å². The predicted octanol–water partition coefficient (Wildman–Crippen LogP) is 4.06. The van der Waals surface area contributed by atoms with Crippen LogP contribution >= 0.6 is 28.3 Å². The average Bonchev–Trinajstić information content (AvgIpc) is 2.15. The SMILES string of the molecule is CCCC[C@H](N)c1ccc(Br)cc1.Cl. The van der Waals surface area contributed by atoms with Crippen LogP contribution in [-0.4, -0.2) is 0 Å². The molecule has 1 aromatic rings. The van der Waals surface area contributed by atoms with E-state index in [2.05, 4.69) is 35.0 Å². The second-order valence-electron chi connectivity index (χ2n) is 3.30. The Kier molecular flexibility index (Phi) is 7.24. The van der Waals surface area contributed by atoms with Crippen LogP contribution in [0.5, 0.6) is 0 Å². The van der Waals surface area contributed by atoms with E-state index in [4.69, 9.17) is 5.73 Å². The van der Waals surface area contributed by atoms with Crippen LogP contribution in [0.25, 0.3) is 0 Å².